The lowest BCUT2D eigenvalue weighted by Gasteiger charge is -2.32. The van der Waals surface area contributed by atoms with E-state index in [0.29, 0.717) is 11.3 Å². The Hall–Kier alpha value is -3.12. The Morgan fingerprint density at radius 3 is 2.42 bits per heavy atom. The Labute approximate surface area is 183 Å². The van der Waals surface area contributed by atoms with Gasteiger partial charge in [0.05, 0.1) is 16.6 Å². The summed E-state index contributed by atoms with van der Waals surface area (Å²) in [5.74, 6) is -0.347. The minimum absolute atomic E-state index is 0.225. The molecule has 0 fully saturated rings. The van der Waals surface area contributed by atoms with Crippen molar-refractivity contribution in [3.05, 3.63) is 82.9 Å². The van der Waals surface area contributed by atoms with Gasteiger partial charge in [0.2, 0.25) is 5.91 Å². The number of aryl methyl sites for hydroxylation is 3. The standard InChI is InChI=1S/C25H26N2O3S/c1-16-9-12-23-22(13-16)21-7-5-6-8-24(21)31(29,30)27(23)15-25(28)26-19(4)20-11-10-17(2)18(3)14-20/h5-14,19H,15H2,1-4H3,(H,26,28)/t19-/m0/s1. The molecule has 0 unspecified atom stereocenters. The average molecular weight is 435 g/mol. The fraction of sp³-hybridized carbons (Fsp3) is 0.240. The number of hydrogen-bond donors (Lipinski definition) is 1. The van der Waals surface area contributed by atoms with Gasteiger partial charge in [0.1, 0.15) is 6.54 Å². The van der Waals surface area contributed by atoms with Crippen molar-refractivity contribution in [2.45, 2.75) is 38.6 Å². The summed E-state index contributed by atoms with van der Waals surface area (Å²) < 4.78 is 28.0. The van der Waals surface area contributed by atoms with Crippen LogP contribution in [-0.2, 0) is 14.8 Å². The second-order valence-corrected chi connectivity index (χ2v) is 9.99. The maximum atomic E-state index is 13.4. The largest absolute Gasteiger partial charge is 0.348 e. The third kappa shape index (κ3) is 3.83. The second kappa shape index (κ2) is 7.85. The minimum atomic E-state index is -3.84. The van der Waals surface area contributed by atoms with Crippen LogP contribution in [0, 0.1) is 20.8 Å². The van der Waals surface area contributed by atoms with Gasteiger partial charge < -0.3 is 5.32 Å². The van der Waals surface area contributed by atoms with Gasteiger partial charge in [-0.05, 0) is 62.6 Å². The molecule has 1 atom stereocenters. The third-order valence-electron chi connectivity index (χ3n) is 5.86. The molecule has 1 amide bonds. The summed E-state index contributed by atoms with van der Waals surface area (Å²) in [5, 5.41) is 2.95. The molecular weight excluding hydrogens is 408 g/mol. The number of carbonyl (C=O) groups is 1. The van der Waals surface area contributed by atoms with Crippen molar-refractivity contribution in [2.75, 3.05) is 10.8 Å². The van der Waals surface area contributed by atoms with E-state index in [1.54, 1.807) is 18.2 Å². The predicted octanol–water partition coefficient (Wildman–Crippen LogP) is 4.66. The van der Waals surface area contributed by atoms with E-state index < -0.39 is 10.0 Å². The summed E-state index contributed by atoms with van der Waals surface area (Å²) >= 11 is 0. The maximum absolute atomic E-state index is 13.4. The zero-order valence-corrected chi connectivity index (χ0v) is 19.0. The summed E-state index contributed by atoms with van der Waals surface area (Å²) in [6.07, 6.45) is 0. The number of fused-ring (bicyclic) bond motifs is 3. The zero-order chi connectivity index (χ0) is 22.3. The summed E-state index contributed by atoms with van der Waals surface area (Å²) in [4.78, 5) is 13.1. The van der Waals surface area contributed by atoms with Gasteiger partial charge >= 0.3 is 0 Å². The van der Waals surface area contributed by atoms with Crippen LogP contribution in [0.4, 0.5) is 5.69 Å². The van der Waals surface area contributed by atoms with Gasteiger partial charge in [-0.2, -0.15) is 0 Å². The number of nitrogens with one attached hydrogen (secondary N) is 1. The highest BCUT2D eigenvalue weighted by Gasteiger charge is 2.36. The highest BCUT2D eigenvalue weighted by atomic mass is 32.2. The van der Waals surface area contributed by atoms with E-state index in [1.165, 1.54) is 9.87 Å². The molecule has 4 rings (SSSR count). The first-order valence-electron chi connectivity index (χ1n) is 10.3. The van der Waals surface area contributed by atoms with Crippen LogP contribution in [0.3, 0.4) is 0 Å². The minimum Gasteiger partial charge on any atom is -0.348 e. The number of amides is 1. The molecule has 0 aromatic heterocycles. The molecule has 31 heavy (non-hydrogen) atoms. The SMILES string of the molecule is Cc1ccc2c(c1)-c1ccccc1S(=O)(=O)N2CC(=O)N[C@@H](C)c1ccc(C)c(C)c1. The smallest absolute Gasteiger partial charge is 0.265 e. The maximum Gasteiger partial charge on any atom is 0.265 e. The van der Waals surface area contributed by atoms with Crippen molar-refractivity contribution in [1.29, 1.82) is 0 Å². The van der Waals surface area contributed by atoms with Crippen LogP contribution in [0.2, 0.25) is 0 Å². The van der Waals surface area contributed by atoms with E-state index in [9.17, 15) is 13.2 Å². The van der Waals surface area contributed by atoms with E-state index in [0.717, 1.165) is 22.3 Å². The van der Waals surface area contributed by atoms with Gasteiger partial charge in [-0.25, -0.2) is 8.42 Å². The molecule has 1 aliphatic rings. The highest BCUT2D eigenvalue weighted by Crippen LogP contribution is 2.43. The lowest BCUT2D eigenvalue weighted by Crippen LogP contribution is -2.43. The van der Waals surface area contributed by atoms with E-state index >= 15 is 0 Å². The first-order chi connectivity index (χ1) is 14.7. The van der Waals surface area contributed by atoms with Crippen LogP contribution in [0.15, 0.2) is 65.6 Å². The van der Waals surface area contributed by atoms with E-state index in [2.05, 4.69) is 5.32 Å². The van der Waals surface area contributed by atoms with Gasteiger partial charge in [-0.3, -0.25) is 9.10 Å². The molecule has 0 spiro atoms. The van der Waals surface area contributed by atoms with Crippen LogP contribution in [0.5, 0.6) is 0 Å². The molecule has 3 aromatic carbocycles. The summed E-state index contributed by atoms with van der Waals surface area (Å²) in [7, 11) is -3.84. The van der Waals surface area contributed by atoms with Crippen molar-refractivity contribution in [2.24, 2.45) is 0 Å². The highest BCUT2D eigenvalue weighted by molar-refractivity contribution is 7.93. The Morgan fingerprint density at radius 2 is 1.68 bits per heavy atom. The van der Waals surface area contributed by atoms with Gasteiger partial charge in [-0.1, -0.05) is 48.0 Å². The van der Waals surface area contributed by atoms with Crippen molar-refractivity contribution in [3.63, 3.8) is 0 Å². The summed E-state index contributed by atoms with van der Waals surface area (Å²) in [6, 6.07) is 18.4. The lowest BCUT2D eigenvalue weighted by atomic mass is 10.0. The monoisotopic (exact) mass is 434 g/mol. The van der Waals surface area contributed by atoms with Crippen molar-refractivity contribution >= 4 is 21.6 Å². The van der Waals surface area contributed by atoms with Gasteiger partial charge in [0, 0.05) is 11.1 Å². The fourth-order valence-corrected chi connectivity index (χ4v) is 5.60. The van der Waals surface area contributed by atoms with Gasteiger partial charge in [0.15, 0.2) is 0 Å². The number of sulfonamides is 1. The first kappa shape index (κ1) is 21.1. The van der Waals surface area contributed by atoms with E-state index in [-0.39, 0.29) is 23.4 Å². The van der Waals surface area contributed by atoms with Gasteiger partial charge in [0.25, 0.3) is 10.0 Å². The Balaban J connectivity index is 1.65. The quantitative estimate of drug-likeness (QED) is 0.649. The van der Waals surface area contributed by atoms with Crippen LogP contribution < -0.4 is 9.62 Å². The summed E-state index contributed by atoms with van der Waals surface area (Å²) in [6.45, 7) is 7.67. The Kier molecular flexibility index (Phi) is 5.35. The molecule has 0 aliphatic carbocycles. The molecule has 1 N–H and O–H groups in total. The molecule has 0 saturated heterocycles. The van der Waals surface area contributed by atoms with E-state index in [4.69, 9.17) is 0 Å². The van der Waals surface area contributed by atoms with Crippen LogP contribution in [-0.4, -0.2) is 20.9 Å². The Morgan fingerprint density at radius 1 is 0.935 bits per heavy atom. The van der Waals surface area contributed by atoms with Crippen molar-refractivity contribution in [1.82, 2.24) is 5.32 Å². The summed E-state index contributed by atoms with van der Waals surface area (Å²) in [5.41, 5.74) is 6.37. The molecule has 0 saturated carbocycles. The Bertz CT molecular complexity index is 1280. The average Bonchev–Trinajstić information content (AvgIpc) is 2.73. The van der Waals surface area contributed by atoms with Crippen LogP contribution in [0.1, 0.15) is 35.2 Å². The number of hydrogen-bond acceptors (Lipinski definition) is 3. The molecule has 160 valence electrons. The molecular formula is C25H26N2O3S. The van der Waals surface area contributed by atoms with Crippen LogP contribution in [0.25, 0.3) is 11.1 Å². The molecule has 3 aromatic rings. The number of rotatable bonds is 4. The lowest BCUT2D eigenvalue weighted by molar-refractivity contribution is -0.120. The normalized spacial score (nSPS) is 15.0. The van der Waals surface area contributed by atoms with E-state index in [1.807, 2.05) is 70.2 Å². The van der Waals surface area contributed by atoms with Gasteiger partial charge in [-0.15, -0.1) is 0 Å². The molecule has 6 heteroatoms. The molecule has 0 radical (unpaired) electrons. The van der Waals surface area contributed by atoms with Crippen LogP contribution >= 0.6 is 0 Å². The topological polar surface area (TPSA) is 66.5 Å². The van der Waals surface area contributed by atoms with Crippen molar-refractivity contribution < 1.29 is 13.2 Å². The second-order valence-electron chi connectivity index (χ2n) is 8.16. The number of anilines is 1. The number of nitrogens with zero attached hydrogens (tertiary/aromatic N) is 1. The zero-order valence-electron chi connectivity index (χ0n) is 18.1. The molecule has 5 nitrogen and oxygen atoms in total. The van der Waals surface area contributed by atoms with Crippen molar-refractivity contribution in [3.8, 4) is 11.1 Å². The fourth-order valence-electron chi connectivity index (χ4n) is 3.95. The third-order valence-corrected chi connectivity index (χ3v) is 7.68. The molecule has 1 aliphatic heterocycles. The number of benzene rings is 3. The molecule has 0 bridgehead atoms. The predicted molar refractivity (Wildman–Crippen MR) is 124 cm³/mol. The first-order valence-corrected chi connectivity index (χ1v) is 11.7. The molecule has 1 heterocycles. The number of carbonyl (C=O) groups excluding carboxylic acids is 1.